The summed E-state index contributed by atoms with van der Waals surface area (Å²) in [6.45, 7) is 4.01. The normalized spacial score (nSPS) is 18.2. The summed E-state index contributed by atoms with van der Waals surface area (Å²) >= 11 is 0. The standard InChI is InChI=1S/C14H22N4O3/c1-2-7-18(9-13(19)20)14-15-6-5-12(17-14)16-11-4-3-8-21-10-11/h5-6,11H,2-4,7-10H2,1H3,(H,19,20)(H,15,16,17). The summed E-state index contributed by atoms with van der Waals surface area (Å²) in [5, 5.41) is 12.3. The van der Waals surface area contributed by atoms with E-state index in [2.05, 4.69) is 15.3 Å². The monoisotopic (exact) mass is 294 g/mol. The van der Waals surface area contributed by atoms with E-state index in [-0.39, 0.29) is 12.6 Å². The zero-order valence-corrected chi connectivity index (χ0v) is 12.3. The molecule has 2 N–H and O–H groups in total. The predicted molar refractivity (Wildman–Crippen MR) is 79.6 cm³/mol. The van der Waals surface area contributed by atoms with Gasteiger partial charge < -0.3 is 20.1 Å². The highest BCUT2D eigenvalue weighted by molar-refractivity contribution is 5.72. The van der Waals surface area contributed by atoms with Crippen LogP contribution in [0.4, 0.5) is 11.8 Å². The van der Waals surface area contributed by atoms with E-state index in [1.54, 1.807) is 17.2 Å². The molecule has 0 aliphatic carbocycles. The van der Waals surface area contributed by atoms with Gasteiger partial charge in [0.05, 0.1) is 12.6 Å². The summed E-state index contributed by atoms with van der Waals surface area (Å²) in [6, 6.07) is 2.05. The van der Waals surface area contributed by atoms with Gasteiger partial charge in [-0.1, -0.05) is 6.92 Å². The van der Waals surface area contributed by atoms with Crippen molar-refractivity contribution >= 4 is 17.7 Å². The Morgan fingerprint density at radius 1 is 1.62 bits per heavy atom. The Morgan fingerprint density at radius 3 is 3.14 bits per heavy atom. The number of carboxylic acids is 1. The van der Waals surface area contributed by atoms with E-state index >= 15 is 0 Å². The lowest BCUT2D eigenvalue weighted by Gasteiger charge is -2.24. The molecule has 0 amide bonds. The number of ether oxygens (including phenoxy) is 1. The summed E-state index contributed by atoms with van der Waals surface area (Å²) in [4.78, 5) is 21.2. The van der Waals surface area contributed by atoms with Gasteiger partial charge in [0.15, 0.2) is 0 Å². The van der Waals surface area contributed by atoms with Crippen molar-refractivity contribution in [3.63, 3.8) is 0 Å². The molecule has 0 bridgehead atoms. The van der Waals surface area contributed by atoms with Crippen LogP contribution >= 0.6 is 0 Å². The highest BCUT2D eigenvalue weighted by Gasteiger charge is 2.16. The molecule has 1 unspecified atom stereocenters. The topological polar surface area (TPSA) is 87.6 Å². The fraction of sp³-hybridized carbons (Fsp3) is 0.643. The fourth-order valence-electron chi connectivity index (χ4n) is 2.33. The van der Waals surface area contributed by atoms with Gasteiger partial charge in [-0.05, 0) is 25.3 Å². The Bertz CT molecular complexity index is 463. The van der Waals surface area contributed by atoms with E-state index in [1.165, 1.54) is 0 Å². The number of carboxylic acid groups (broad SMARTS) is 1. The van der Waals surface area contributed by atoms with Crippen LogP contribution in [0.1, 0.15) is 26.2 Å². The van der Waals surface area contributed by atoms with Gasteiger partial charge in [-0.3, -0.25) is 4.79 Å². The van der Waals surface area contributed by atoms with Crippen molar-refractivity contribution in [2.75, 3.05) is 36.5 Å². The molecule has 0 aromatic carbocycles. The van der Waals surface area contributed by atoms with Gasteiger partial charge in [-0.25, -0.2) is 4.98 Å². The number of carbonyl (C=O) groups is 1. The summed E-state index contributed by atoms with van der Waals surface area (Å²) in [5.41, 5.74) is 0. The van der Waals surface area contributed by atoms with Crippen LogP contribution in [0, 0.1) is 0 Å². The molecule has 1 fully saturated rings. The lowest BCUT2D eigenvalue weighted by molar-refractivity contribution is -0.135. The largest absolute Gasteiger partial charge is 0.480 e. The van der Waals surface area contributed by atoms with Gasteiger partial charge >= 0.3 is 5.97 Å². The van der Waals surface area contributed by atoms with Crippen molar-refractivity contribution in [2.45, 2.75) is 32.2 Å². The first-order valence-corrected chi connectivity index (χ1v) is 7.33. The Morgan fingerprint density at radius 2 is 2.48 bits per heavy atom. The zero-order valence-electron chi connectivity index (χ0n) is 12.3. The van der Waals surface area contributed by atoms with Crippen LogP contribution in [0.5, 0.6) is 0 Å². The van der Waals surface area contributed by atoms with E-state index in [0.717, 1.165) is 25.9 Å². The van der Waals surface area contributed by atoms with Gasteiger partial charge in [0.1, 0.15) is 12.4 Å². The molecule has 0 radical (unpaired) electrons. The smallest absolute Gasteiger partial charge is 0.323 e. The van der Waals surface area contributed by atoms with Crippen molar-refractivity contribution in [1.82, 2.24) is 9.97 Å². The molecule has 2 heterocycles. The second-order valence-corrected chi connectivity index (χ2v) is 5.12. The number of aromatic nitrogens is 2. The van der Waals surface area contributed by atoms with Crippen molar-refractivity contribution < 1.29 is 14.6 Å². The zero-order chi connectivity index (χ0) is 15.1. The van der Waals surface area contributed by atoms with Crippen LogP contribution in [0.25, 0.3) is 0 Å². The van der Waals surface area contributed by atoms with Crippen molar-refractivity contribution in [2.24, 2.45) is 0 Å². The molecule has 2 rings (SSSR count). The molecule has 0 spiro atoms. The molecule has 1 aliphatic heterocycles. The predicted octanol–water partition coefficient (Wildman–Crippen LogP) is 1.37. The molecular formula is C14H22N4O3. The number of nitrogens with one attached hydrogen (secondary N) is 1. The molecule has 1 atom stereocenters. The van der Waals surface area contributed by atoms with Crippen LogP contribution < -0.4 is 10.2 Å². The van der Waals surface area contributed by atoms with Gasteiger partial charge in [0.2, 0.25) is 5.95 Å². The van der Waals surface area contributed by atoms with Crippen LogP contribution in [-0.4, -0.2) is 53.4 Å². The van der Waals surface area contributed by atoms with E-state index in [4.69, 9.17) is 9.84 Å². The molecule has 7 nitrogen and oxygen atoms in total. The first kappa shape index (κ1) is 15.5. The van der Waals surface area contributed by atoms with Crippen molar-refractivity contribution in [3.05, 3.63) is 12.3 Å². The molecule has 1 aromatic rings. The number of aliphatic carboxylic acids is 1. The molecule has 1 aromatic heterocycles. The summed E-state index contributed by atoms with van der Waals surface area (Å²) in [7, 11) is 0. The summed E-state index contributed by atoms with van der Waals surface area (Å²) in [5.74, 6) is 0.272. The number of anilines is 2. The second kappa shape index (κ2) is 7.78. The maximum absolute atomic E-state index is 10.9. The minimum absolute atomic E-state index is 0.0934. The molecule has 21 heavy (non-hydrogen) atoms. The maximum atomic E-state index is 10.9. The van der Waals surface area contributed by atoms with Crippen LogP contribution in [0.3, 0.4) is 0 Å². The fourth-order valence-corrected chi connectivity index (χ4v) is 2.33. The van der Waals surface area contributed by atoms with Gasteiger partial charge in [-0.15, -0.1) is 0 Å². The van der Waals surface area contributed by atoms with Crippen LogP contribution in [0.2, 0.25) is 0 Å². The third kappa shape index (κ3) is 4.86. The van der Waals surface area contributed by atoms with Gasteiger partial charge in [0.25, 0.3) is 0 Å². The van der Waals surface area contributed by atoms with Gasteiger partial charge in [0, 0.05) is 19.3 Å². The van der Waals surface area contributed by atoms with E-state index in [0.29, 0.717) is 24.9 Å². The summed E-state index contributed by atoms with van der Waals surface area (Å²) < 4.78 is 5.43. The Balaban J connectivity index is 2.05. The van der Waals surface area contributed by atoms with Gasteiger partial charge in [-0.2, -0.15) is 4.98 Å². The lowest BCUT2D eigenvalue weighted by atomic mass is 10.1. The van der Waals surface area contributed by atoms with E-state index < -0.39 is 5.97 Å². The highest BCUT2D eigenvalue weighted by atomic mass is 16.5. The number of rotatable bonds is 7. The minimum atomic E-state index is -0.883. The first-order valence-electron chi connectivity index (χ1n) is 7.33. The Hall–Kier alpha value is -1.89. The first-order chi connectivity index (χ1) is 10.2. The van der Waals surface area contributed by atoms with Crippen molar-refractivity contribution in [1.29, 1.82) is 0 Å². The molecule has 1 saturated heterocycles. The minimum Gasteiger partial charge on any atom is -0.480 e. The lowest BCUT2D eigenvalue weighted by Crippen LogP contribution is -2.33. The highest BCUT2D eigenvalue weighted by Crippen LogP contribution is 2.15. The average molecular weight is 294 g/mol. The molecule has 116 valence electrons. The Kier molecular flexibility index (Phi) is 5.74. The maximum Gasteiger partial charge on any atom is 0.323 e. The van der Waals surface area contributed by atoms with E-state index in [1.807, 2.05) is 6.92 Å². The SMILES string of the molecule is CCCN(CC(=O)O)c1nccc(NC2CCCOC2)n1. The number of hydrogen-bond donors (Lipinski definition) is 2. The Labute approximate surface area is 124 Å². The second-order valence-electron chi connectivity index (χ2n) is 5.12. The third-order valence-electron chi connectivity index (χ3n) is 3.26. The number of hydrogen-bond acceptors (Lipinski definition) is 6. The van der Waals surface area contributed by atoms with E-state index in [9.17, 15) is 4.79 Å². The summed E-state index contributed by atoms with van der Waals surface area (Å²) in [6.07, 6.45) is 4.58. The van der Waals surface area contributed by atoms with Crippen LogP contribution in [0.15, 0.2) is 12.3 Å². The molecule has 1 aliphatic rings. The third-order valence-corrected chi connectivity index (χ3v) is 3.26. The average Bonchev–Trinajstić information content (AvgIpc) is 2.48. The quantitative estimate of drug-likeness (QED) is 0.785. The molecule has 0 saturated carbocycles. The number of nitrogens with zero attached hydrogens (tertiary/aromatic N) is 3. The molecule has 7 heteroatoms. The van der Waals surface area contributed by atoms with Crippen LogP contribution in [-0.2, 0) is 9.53 Å². The molecular weight excluding hydrogens is 272 g/mol. The van der Waals surface area contributed by atoms with Crippen molar-refractivity contribution in [3.8, 4) is 0 Å².